The maximum Gasteiger partial charge on any atom is 0.322 e. The highest BCUT2D eigenvalue weighted by Crippen LogP contribution is 2.35. The number of carbonyl (C=O) groups is 1. The lowest BCUT2D eigenvalue weighted by atomic mass is 9.92. The minimum atomic E-state index is -0.550. The molecule has 0 saturated heterocycles. The number of halogens is 1. The second-order valence-electron chi connectivity index (χ2n) is 7.15. The van der Waals surface area contributed by atoms with Gasteiger partial charge in [-0.15, -0.1) is 0 Å². The van der Waals surface area contributed by atoms with E-state index < -0.39 is 11.8 Å². The molecular formula is C22H23FN4O2. The predicted molar refractivity (Wildman–Crippen MR) is 109 cm³/mol. The van der Waals surface area contributed by atoms with Gasteiger partial charge in [0.2, 0.25) is 0 Å². The molecule has 1 heterocycles. The van der Waals surface area contributed by atoms with Crippen molar-refractivity contribution in [2.45, 2.75) is 25.3 Å². The van der Waals surface area contributed by atoms with Gasteiger partial charge in [-0.2, -0.15) is 5.10 Å². The quantitative estimate of drug-likeness (QED) is 0.685. The van der Waals surface area contributed by atoms with Gasteiger partial charge in [-0.1, -0.05) is 24.3 Å². The number of ether oxygens (including phenoxy) is 1. The molecule has 7 heteroatoms. The number of nitrogens with zero attached hydrogens (tertiary/aromatic N) is 3. The third-order valence-corrected chi connectivity index (χ3v) is 5.31. The van der Waals surface area contributed by atoms with Crippen molar-refractivity contribution < 1.29 is 13.9 Å². The van der Waals surface area contributed by atoms with Crippen LogP contribution in [0.15, 0.2) is 54.7 Å². The summed E-state index contributed by atoms with van der Waals surface area (Å²) in [5.41, 5.74) is 2.21. The fraction of sp³-hybridized carbons (Fsp3) is 0.273. The van der Waals surface area contributed by atoms with Crippen molar-refractivity contribution in [3.63, 3.8) is 0 Å². The van der Waals surface area contributed by atoms with Crippen LogP contribution in [-0.4, -0.2) is 27.8 Å². The number of amides is 2. The van der Waals surface area contributed by atoms with Gasteiger partial charge < -0.3 is 15.0 Å². The first-order valence-electron chi connectivity index (χ1n) is 9.60. The molecule has 1 aliphatic carbocycles. The molecule has 0 fully saturated rings. The molecule has 6 nitrogen and oxygen atoms in total. The van der Waals surface area contributed by atoms with Crippen LogP contribution in [-0.2, 0) is 13.5 Å². The number of aryl methyl sites for hydroxylation is 1. The number of aromatic nitrogens is 2. The fourth-order valence-corrected chi connectivity index (χ4v) is 3.75. The van der Waals surface area contributed by atoms with Gasteiger partial charge >= 0.3 is 6.03 Å². The Morgan fingerprint density at radius 3 is 2.83 bits per heavy atom. The fourth-order valence-electron chi connectivity index (χ4n) is 3.75. The summed E-state index contributed by atoms with van der Waals surface area (Å²) in [7, 11) is 3.63. The third-order valence-electron chi connectivity index (χ3n) is 5.31. The molecule has 1 aliphatic rings. The molecular weight excluding hydrogens is 371 g/mol. The molecule has 0 bridgehead atoms. The second kappa shape index (κ2) is 7.95. The van der Waals surface area contributed by atoms with Crippen molar-refractivity contribution in [3.05, 3.63) is 71.8 Å². The lowest BCUT2D eigenvalue weighted by Gasteiger charge is -2.31. The van der Waals surface area contributed by atoms with E-state index in [0.717, 1.165) is 30.5 Å². The van der Waals surface area contributed by atoms with Crippen LogP contribution < -0.4 is 10.1 Å². The highest BCUT2D eigenvalue weighted by Gasteiger charge is 2.29. The molecule has 0 saturated carbocycles. The van der Waals surface area contributed by atoms with Crippen LogP contribution in [0.3, 0.4) is 0 Å². The van der Waals surface area contributed by atoms with Crippen molar-refractivity contribution in [1.29, 1.82) is 0 Å². The first-order chi connectivity index (χ1) is 14.0. The number of carbonyl (C=O) groups excluding carboxylic acids is 1. The topological polar surface area (TPSA) is 59.4 Å². The Bertz CT molecular complexity index is 1020. The number of nitrogens with one attached hydrogen (secondary N) is 1. The number of benzene rings is 2. The van der Waals surface area contributed by atoms with Crippen LogP contribution in [0.1, 0.15) is 30.1 Å². The van der Waals surface area contributed by atoms with Crippen molar-refractivity contribution in [3.8, 4) is 11.5 Å². The summed E-state index contributed by atoms with van der Waals surface area (Å²) < 4.78 is 22.2. The Morgan fingerprint density at radius 1 is 1.24 bits per heavy atom. The molecule has 1 atom stereocenters. The van der Waals surface area contributed by atoms with Crippen LogP contribution in [0.2, 0.25) is 0 Å². The van der Waals surface area contributed by atoms with E-state index in [2.05, 4.69) is 10.4 Å². The molecule has 1 unspecified atom stereocenters. The predicted octanol–water partition coefficient (Wildman–Crippen LogP) is 4.89. The number of rotatable bonds is 4. The Kier molecular flexibility index (Phi) is 5.20. The SMILES string of the molecule is CN(C(=O)Nc1c(F)cccc1Oc1ccccc1)C1CCCc2c1cnn2C. The van der Waals surface area contributed by atoms with E-state index in [-0.39, 0.29) is 17.5 Å². The third kappa shape index (κ3) is 3.81. The number of para-hydroxylation sites is 2. The average molecular weight is 394 g/mol. The largest absolute Gasteiger partial charge is 0.455 e. The van der Waals surface area contributed by atoms with Crippen LogP contribution in [0.4, 0.5) is 14.9 Å². The maximum absolute atomic E-state index is 14.5. The summed E-state index contributed by atoms with van der Waals surface area (Å²) in [6, 6.07) is 13.1. The highest BCUT2D eigenvalue weighted by molar-refractivity contribution is 5.91. The summed E-state index contributed by atoms with van der Waals surface area (Å²) in [4.78, 5) is 14.6. The maximum atomic E-state index is 14.5. The van der Waals surface area contributed by atoms with Crippen LogP contribution >= 0.6 is 0 Å². The van der Waals surface area contributed by atoms with Crippen LogP contribution in [0.25, 0.3) is 0 Å². The van der Waals surface area contributed by atoms with Gasteiger partial charge in [0.15, 0.2) is 11.6 Å². The molecule has 1 aromatic heterocycles. The molecule has 4 rings (SSSR count). The number of hydrogen-bond donors (Lipinski definition) is 1. The number of urea groups is 1. The monoisotopic (exact) mass is 394 g/mol. The normalized spacial score (nSPS) is 15.5. The molecule has 29 heavy (non-hydrogen) atoms. The summed E-state index contributed by atoms with van der Waals surface area (Å²) in [5, 5.41) is 7.02. The van der Waals surface area contributed by atoms with Gasteiger partial charge in [-0.3, -0.25) is 4.68 Å². The molecule has 0 spiro atoms. The van der Waals surface area contributed by atoms with Crippen molar-refractivity contribution in [1.82, 2.24) is 14.7 Å². The molecule has 0 aliphatic heterocycles. The standard InChI is InChI=1S/C22H23FN4O2/c1-26(18-11-7-12-19-16(18)14-24-27(19)2)22(28)25-21-17(23)10-6-13-20(21)29-15-8-4-3-5-9-15/h3-6,8-10,13-14,18H,7,11-12H2,1-2H3,(H,25,28). The summed E-state index contributed by atoms with van der Waals surface area (Å²) in [6.45, 7) is 0. The van der Waals surface area contributed by atoms with Crippen molar-refractivity contribution in [2.24, 2.45) is 7.05 Å². The molecule has 2 amide bonds. The smallest absolute Gasteiger partial charge is 0.322 e. The van der Waals surface area contributed by atoms with Gasteiger partial charge in [0, 0.05) is 25.4 Å². The van der Waals surface area contributed by atoms with E-state index in [4.69, 9.17) is 4.74 Å². The Hall–Kier alpha value is -3.35. The zero-order chi connectivity index (χ0) is 20.4. The highest BCUT2D eigenvalue weighted by atomic mass is 19.1. The minimum Gasteiger partial charge on any atom is -0.455 e. The molecule has 3 aromatic rings. The van der Waals surface area contributed by atoms with E-state index in [1.165, 1.54) is 6.07 Å². The van der Waals surface area contributed by atoms with Crippen molar-refractivity contribution in [2.75, 3.05) is 12.4 Å². The van der Waals surface area contributed by atoms with Gasteiger partial charge in [-0.05, 0) is 43.5 Å². The summed E-state index contributed by atoms with van der Waals surface area (Å²) in [5.74, 6) is 0.267. The lowest BCUT2D eigenvalue weighted by Crippen LogP contribution is -2.36. The summed E-state index contributed by atoms with van der Waals surface area (Å²) in [6.07, 6.45) is 4.57. The first kappa shape index (κ1) is 19.0. The van der Waals surface area contributed by atoms with E-state index in [1.807, 2.05) is 36.1 Å². The van der Waals surface area contributed by atoms with Gasteiger partial charge in [0.1, 0.15) is 11.4 Å². The molecule has 150 valence electrons. The molecule has 2 aromatic carbocycles. The Morgan fingerprint density at radius 2 is 2.03 bits per heavy atom. The zero-order valence-corrected chi connectivity index (χ0v) is 16.4. The molecule has 1 N–H and O–H groups in total. The molecule has 0 radical (unpaired) electrons. The number of hydrogen-bond acceptors (Lipinski definition) is 3. The van der Waals surface area contributed by atoms with Crippen LogP contribution in [0, 0.1) is 5.82 Å². The van der Waals surface area contributed by atoms with E-state index in [0.29, 0.717) is 5.75 Å². The van der Waals surface area contributed by atoms with Gasteiger partial charge in [0.25, 0.3) is 0 Å². The number of anilines is 1. The Labute approximate surface area is 168 Å². The second-order valence-corrected chi connectivity index (χ2v) is 7.15. The van der Waals surface area contributed by atoms with Crippen molar-refractivity contribution >= 4 is 11.7 Å². The minimum absolute atomic E-state index is 0.0235. The average Bonchev–Trinajstić information content (AvgIpc) is 3.12. The van der Waals surface area contributed by atoms with E-state index in [1.54, 1.807) is 36.2 Å². The Balaban J connectivity index is 1.56. The lowest BCUT2D eigenvalue weighted by molar-refractivity contribution is 0.197. The van der Waals surface area contributed by atoms with Gasteiger partial charge in [-0.25, -0.2) is 9.18 Å². The van der Waals surface area contributed by atoms with E-state index >= 15 is 0 Å². The first-order valence-corrected chi connectivity index (χ1v) is 9.60. The van der Waals surface area contributed by atoms with Gasteiger partial charge in [0.05, 0.1) is 12.2 Å². The zero-order valence-electron chi connectivity index (χ0n) is 16.4. The van der Waals surface area contributed by atoms with E-state index in [9.17, 15) is 9.18 Å². The number of fused-ring (bicyclic) bond motifs is 1. The van der Waals surface area contributed by atoms with Crippen LogP contribution in [0.5, 0.6) is 11.5 Å². The summed E-state index contributed by atoms with van der Waals surface area (Å²) >= 11 is 0.